The van der Waals surface area contributed by atoms with Gasteiger partial charge in [0.2, 0.25) is 0 Å². The molecule has 0 aromatic rings. The quantitative estimate of drug-likeness (QED) is 0.434. The summed E-state index contributed by atoms with van der Waals surface area (Å²) in [5, 5.41) is -0.458. The highest BCUT2D eigenvalue weighted by atomic mass is 35.5. The topological polar surface area (TPSA) is 9.23 Å². The molecule has 2 aliphatic carbocycles. The first-order valence-corrected chi connectivity index (χ1v) is 10.8. The van der Waals surface area contributed by atoms with Crippen LogP contribution in [-0.2, 0) is 4.74 Å². The van der Waals surface area contributed by atoms with E-state index in [1.165, 1.54) is 51.4 Å². The maximum Gasteiger partial charge on any atom is 0.122 e. The molecule has 0 aromatic carbocycles. The third kappa shape index (κ3) is 5.59. The molecule has 4 unspecified atom stereocenters. The summed E-state index contributed by atoms with van der Waals surface area (Å²) in [6, 6.07) is 0. The van der Waals surface area contributed by atoms with Crippen molar-refractivity contribution in [1.82, 2.24) is 0 Å². The molecular weight excluding hydrogens is 323 g/mol. The van der Waals surface area contributed by atoms with Crippen LogP contribution in [0.5, 0.6) is 0 Å². The Labute approximate surface area is 154 Å². The molecule has 2 fully saturated rings. The smallest absolute Gasteiger partial charge is 0.122 e. The van der Waals surface area contributed by atoms with Crippen LogP contribution in [0.2, 0.25) is 0 Å². The van der Waals surface area contributed by atoms with Crippen LogP contribution >= 0.6 is 11.6 Å². The Morgan fingerprint density at radius 2 is 1.79 bits per heavy atom. The summed E-state index contributed by atoms with van der Waals surface area (Å²) < 4.78 is 19.8. The Balaban J connectivity index is 1.76. The third-order valence-corrected chi connectivity index (χ3v) is 7.29. The lowest BCUT2D eigenvalue weighted by molar-refractivity contribution is 0.0169. The van der Waals surface area contributed by atoms with Crippen molar-refractivity contribution >= 4 is 11.6 Å². The molecule has 2 rings (SSSR count). The second kappa shape index (κ2) is 10.4. The zero-order valence-corrected chi connectivity index (χ0v) is 16.7. The van der Waals surface area contributed by atoms with Crippen LogP contribution in [0.1, 0.15) is 84.5 Å². The van der Waals surface area contributed by atoms with E-state index in [9.17, 15) is 4.39 Å². The fourth-order valence-electron chi connectivity index (χ4n) is 5.10. The fourth-order valence-corrected chi connectivity index (χ4v) is 5.53. The average molecular weight is 361 g/mol. The van der Waals surface area contributed by atoms with Gasteiger partial charge < -0.3 is 4.74 Å². The van der Waals surface area contributed by atoms with E-state index in [0.717, 1.165) is 37.0 Å². The molecule has 0 N–H and O–H groups in total. The van der Waals surface area contributed by atoms with Gasteiger partial charge in [-0.2, -0.15) is 0 Å². The fraction of sp³-hybridized carbons (Fsp3) is 1.00. The van der Waals surface area contributed by atoms with Crippen LogP contribution in [-0.4, -0.2) is 24.8 Å². The maximum atomic E-state index is 14.5. The van der Waals surface area contributed by atoms with Gasteiger partial charge >= 0.3 is 0 Å². The maximum absolute atomic E-state index is 14.5. The van der Waals surface area contributed by atoms with E-state index in [4.69, 9.17) is 16.3 Å². The first-order chi connectivity index (χ1) is 11.6. The molecule has 0 heterocycles. The summed E-state index contributed by atoms with van der Waals surface area (Å²) in [4.78, 5) is 0. The van der Waals surface area contributed by atoms with Crippen LogP contribution in [0.25, 0.3) is 0 Å². The van der Waals surface area contributed by atoms with Gasteiger partial charge in [0, 0.05) is 7.11 Å². The number of halogens is 2. The lowest BCUT2D eigenvalue weighted by atomic mass is 9.72. The van der Waals surface area contributed by atoms with Crippen LogP contribution in [0, 0.1) is 23.7 Å². The van der Waals surface area contributed by atoms with Crippen LogP contribution in [0.3, 0.4) is 0 Å². The van der Waals surface area contributed by atoms with E-state index < -0.39 is 11.5 Å². The molecule has 0 aliphatic heterocycles. The molecule has 0 aromatic heterocycles. The normalized spacial score (nSPS) is 38.9. The Morgan fingerprint density at radius 1 is 1.08 bits per heavy atom. The number of alkyl halides is 2. The van der Waals surface area contributed by atoms with Gasteiger partial charge in [-0.15, -0.1) is 11.6 Å². The van der Waals surface area contributed by atoms with Gasteiger partial charge in [-0.1, -0.05) is 52.4 Å². The minimum atomic E-state index is -0.898. The van der Waals surface area contributed by atoms with Crippen molar-refractivity contribution in [2.45, 2.75) is 102 Å². The SMILES string of the molecule is CCC[C@H](CCCC1CCC(OC)C(Cl)C1F)C1CCC(C)CC1. The standard InChI is InChI=1S/C21H38ClFO/c1-4-6-16(17-11-9-15(2)10-12-17)7-5-8-18-13-14-19(24-3)20(22)21(18)23/h15-21H,4-14H2,1-3H3/t15?,16-,17?,18?,19?,20?,21?/m1/s1. The molecule has 1 nitrogen and oxygen atoms in total. The molecule has 0 saturated heterocycles. The Hall–Kier alpha value is 0.180. The average Bonchev–Trinajstić information content (AvgIpc) is 2.59. The van der Waals surface area contributed by atoms with Crippen LogP contribution < -0.4 is 0 Å². The summed E-state index contributed by atoms with van der Waals surface area (Å²) in [6.45, 7) is 4.70. The van der Waals surface area contributed by atoms with Gasteiger partial charge in [0.1, 0.15) is 6.17 Å². The van der Waals surface area contributed by atoms with Crippen molar-refractivity contribution in [3.63, 3.8) is 0 Å². The van der Waals surface area contributed by atoms with Crippen molar-refractivity contribution in [2.24, 2.45) is 23.7 Å². The van der Waals surface area contributed by atoms with E-state index in [1.807, 2.05) is 0 Å². The summed E-state index contributed by atoms with van der Waals surface area (Å²) in [7, 11) is 1.65. The Kier molecular flexibility index (Phi) is 8.84. The molecule has 5 atom stereocenters. The van der Waals surface area contributed by atoms with Crippen molar-refractivity contribution in [3.05, 3.63) is 0 Å². The number of hydrogen-bond donors (Lipinski definition) is 0. The van der Waals surface area contributed by atoms with E-state index in [-0.39, 0.29) is 12.0 Å². The van der Waals surface area contributed by atoms with Gasteiger partial charge in [0.25, 0.3) is 0 Å². The van der Waals surface area contributed by atoms with E-state index in [0.29, 0.717) is 0 Å². The minimum Gasteiger partial charge on any atom is -0.380 e. The Bertz CT molecular complexity index is 343. The summed E-state index contributed by atoms with van der Waals surface area (Å²) in [6.07, 6.45) is 12.6. The molecular formula is C21H38ClFO. The number of ether oxygens (including phenoxy) is 1. The second-order valence-electron chi connectivity index (χ2n) is 8.50. The summed E-state index contributed by atoms with van der Waals surface area (Å²) in [5.74, 6) is 2.86. The molecule has 142 valence electrons. The molecule has 0 amide bonds. The van der Waals surface area contributed by atoms with E-state index >= 15 is 0 Å². The molecule has 24 heavy (non-hydrogen) atoms. The lowest BCUT2D eigenvalue weighted by Crippen LogP contribution is -2.41. The van der Waals surface area contributed by atoms with Gasteiger partial charge in [-0.25, -0.2) is 4.39 Å². The molecule has 0 bridgehead atoms. The van der Waals surface area contributed by atoms with E-state index in [1.54, 1.807) is 7.11 Å². The molecule has 0 radical (unpaired) electrons. The Morgan fingerprint density at radius 3 is 2.42 bits per heavy atom. The van der Waals surface area contributed by atoms with Crippen LogP contribution in [0.4, 0.5) is 4.39 Å². The third-order valence-electron chi connectivity index (χ3n) is 6.77. The second-order valence-corrected chi connectivity index (χ2v) is 9.00. The van der Waals surface area contributed by atoms with E-state index in [2.05, 4.69) is 13.8 Å². The number of hydrogen-bond acceptors (Lipinski definition) is 1. The predicted molar refractivity (Wildman–Crippen MR) is 101 cm³/mol. The highest BCUT2D eigenvalue weighted by molar-refractivity contribution is 6.21. The minimum absolute atomic E-state index is 0.102. The zero-order chi connectivity index (χ0) is 17.5. The predicted octanol–water partition coefficient (Wildman–Crippen LogP) is 6.77. The number of rotatable bonds is 8. The molecule has 3 heteroatoms. The first kappa shape index (κ1) is 20.5. The van der Waals surface area contributed by atoms with Crippen molar-refractivity contribution < 1.29 is 9.13 Å². The summed E-state index contributed by atoms with van der Waals surface area (Å²) >= 11 is 6.25. The van der Waals surface area contributed by atoms with Crippen LogP contribution in [0.15, 0.2) is 0 Å². The van der Waals surface area contributed by atoms with Crippen molar-refractivity contribution in [3.8, 4) is 0 Å². The molecule has 2 saturated carbocycles. The largest absolute Gasteiger partial charge is 0.380 e. The number of methoxy groups -OCH3 is 1. The van der Waals surface area contributed by atoms with Crippen molar-refractivity contribution in [2.75, 3.05) is 7.11 Å². The van der Waals surface area contributed by atoms with Gasteiger partial charge in [0.05, 0.1) is 11.5 Å². The highest BCUT2D eigenvalue weighted by Crippen LogP contribution is 2.39. The zero-order valence-electron chi connectivity index (χ0n) is 16.0. The molecule has 0 spiro atoms. The summed E-state index contributed by atoms with van der Waals surface area (Å²) in [5.41, 5.74) is 0. The highest BCUT2D eigenvalue weighted by Gasteiger charge is 2.38. The first-order valence-electron chi connectivity index (χ1n) is 10.4. The monoisotopic (exact) mass is 360 g/mol. The van der Waals surface area contributed by atoms with Crippen molar-refractivity contribution in [1.29, 1.82) is 0 Å². The van der Waals surface area contributed by atoms with Gasteiger partial charge in [0.15, 0.2) is 0 Å². The molecule has 2 aliphatic rings. The van der Waals surface area contributed by atoms with Gasteiger partial charge in [-0.3, -0.25) is 0 Å². The van der Waals surface area contributed by atoms with Gasteiger partial charge in [-0.05, 0) is 55.8 Å². The lowest BCUT2D eigenvalue weighted by Gasteiger charge is -2.36.